The van der Waals surface area contributed by atoms with Crippen LogP contribution in [0.25, 0.3) is 0 Å². The van der Waals surface area contributed by atoms with E-state index < -0.39 is 24.1 Å². The minimum absolute atomic E-state index is 0.00504. The molecule has 2 aliphatic carbocycles. The fourth-order valence-corrected chi connectivity index (χ4v) is 4.08. The summed E-state index contributed by atoms with van der Waals surface area (Å²) in [6.07, 6.45) is -0.335. The van der Waals surface area contributed by atoms with Crippen molar-refractivity contribution in [3.63, 3.8) is 0 Å². The highest BCUT2D eigenvalue weighted by Gasteiger charge is 2.54. The average Bonchev–Trinajstić information content (AvgIpc) is 2.89. The van der Waals surface area contributed by atoms with Gasteiger partial charge in [0.2, 0.25) is 0 Å². The number of carbonyl (C=O) groups is 3. The van der Waals surface area contributed by atoms with Crippen molar-refractivity contribution in [1.29, 1.82) is 0 Å². The van der Waals surface area contributed by atoms with Gasteiger partial charge in [-0.25, -0.2) is 4.79 Å². The fraction of sp³-hybridized carbons (Fsp3) is 0.526. The molecule has 0 radical (unpaired) electrons. The topological polar surface area (TPSA) is 69.7 Å². The molecule has 3 rings (SSSR count). The second kappa shape index (κ2) is 5.72. The number of hydrogen-bond donors (Lipinski definition) is 0. The normalized spacial score (nSPS) is 35.3. The minimum atomic E-state index is -0.557. The van der Waals surface area contributed by atoms with Gasteiger partial charge in [0.15, 0.2) is 5.78 Å². The van der Waals surface area contributed by atoms with Crippen LogP contribution in [0.2, 0.25) is 0 Å². The summed E-state index contributed by atoms with van der Waals surface area (Å²) in [4.78, 5) is 36.6. The first-order chi connectivity index (χ1) is 11.2. The Morgan fingerprint density at radius 2 is 1.92 bits per heavy atom. The SMILES string of the molecule is C=C(C)C(=O)O[C@H]1CC(=C)C2=C([C@H](C)CC2=O)[C@H]2OC(=O)C(C)[C@H]12. The quantitative estimate of drug-likeness (QED) is 0.575. The molecular formula is C19H22O5. The van der Waals surface area contributed by atoms with Crippen LogP contribution in [0.4, 0.5) is 0 Å². The Morgan fingerprint density at radius 3 is 2.54 bits per heavy atom. The zero-order chi connectivity index (χ0) is 17.8. The molecule has 3 aliphatic rings. The highest BCUT2D eigenvalue weighted by Crippen LogP contribution is 2.48. The fourth-order valence-electron chi connectivity index (χ4n) is 4.08. The Kier molecular flexibility index (Phi) is 3.98. The van der Waals surface area contributed by atoms with Crippen molar-refractivity contribution >= 4 is 17.7 Å². The molecule has 0 bridgehead atoms. The summed E-state index contributed by atoms with van der Waals surface area (Å²) >= 11 is 0. The van der Waals surface area contributed by atoms with Gasteiger partial charge < -0.3 is 9.47 Å². The molecule has 0 aromatic rings. The van der Waals surface area contributed by atoms with Crippen LogP contribution in [0, 0.1) is 17.8 Å². The van der Waals surface area contributed by atoms with Crippen LogP contribution in [-0.2, 0) is 23.9 Å². The first kappa shape index (κ1) is 16.7. The molecule has 24 heavy (non-hydrogen) atoms. The molecule has 0 saturated carbocycles. The van der Waals surface area contributed by atoms with Crippen LogP contribution in [0.5, 0.6) is 0 Å². The molecule has 1 heterocycles. The molecule has 1 fully saturated rings. The van der Waals surface area contributed by atoms with Crippen LogP contribution in [0.15, 0.2) is 35.5 Å². The molecule has 5 atom stereocenters. The summed E-state index contributed by atoms with van der Waals surface area (Å²) < 4.78 is 11.2. The zero-order valence-corrected chi connectivity index (χ0v) is 14.3. The van der Waals surface area contributed by atoms with Crippen molar-refractivity contribution in [3.8, 4) is 0 Å². The lowest BCUT2D eigenvalue weighted by Crippen LogP contribution is -2.36. The number of Topliss-reactive ketones (excluding diaryl/α,β-unsaturated/α-hetero) is 1. The Labute approximate surface area is 141 Å². The maximum absolute atomic E-state index is 12.4. The standard InChI is InChI=1S/C19H22O5/c1-8(2)18(21)23-13-7-10(4)14-12(20)6-9(3)15(14)17-16(13)11(5)19(22)24-17/h9,11,13,16-17H,1,4,6-7H2,2-3,5H3/t9-,11?,13+,16-,17-/m1/s1. The van der Waals surface area contributed by atoms with Crippen molar-refractivity contribution < 1.29 is 23.9 Å². The molecule has 0 aromatic heterocycles. The lowest BCUT2D eigenvalue weighted by atomic mass is 9.81. The van der Waals surface area contributed by atoms with Gasteiger partial charge >= 0.3 is 11.9 Å². The zero-order valence-electron chi connectivity index (χ0n) is 14.3. The van der Waals surface area contributed by atoms with E-state index in [1.165, 1.54) is 0 Å². The molecule has 1 saturated heterocycles. The predicted octanol–water partition coefficient (Wildman–Crippen LogP) is 2.52. The Morgan fingerprint density at radius 1 is 1.25 bits per heavy atom. The number of allylic oxidation sites excluding steroid dienone is 1. The first-order valence-electron chi connectivity index (χ1n) is 8.24. The van der Waals surface area contributed by atoms with Crippen molar-refractivity contribution in [3.05, 3.63) is 35.5 Å². The Balaban J connectivity index is 2.04. The van der Waals surface area contributed by atoms with E-state index in [-0.39, 0.29) is 23.6 Å². The summed E-state index contributed by atoms with van der Waals surface area (Å²) in [6.45, 7) is 13.0. The largest absolute Gasteiger partial charge is 0.458 e. The monoisotopic (exact) mass is 330 g/mol. The highest BCUT2D eigenvalue weighted by atomic mass is 16.6. The van der Waals surface area contributed by atoms with Gasteiger partial charge in [-0.3, -0.25) is 9.59 Å². The van der Waals surface area contributed by atoms with Gasteiger partial charge in [-0.2, -0.15) is 0 Å². The van der Waals surface area contributed by atoms with Crippen LogP contribution in [0.1, 0.15) is 33.6 Å². The average molecular weight is 330 g/mol. The molecular weight excluding hydrogens is 308 g/mol. The maximum atomic E-state index is 12.4. The van der Waals surface area contributed by atoms with E-state index in [0.29, 0.717) is 29.6 Å². The molecule has 5 nitrogen and oxygen atoms in total. The van der Waals surface area contributed by atoms with Gasteiger partial charge in [-0.1, -0.05) is 27.0 Å². The van der Waals surface area contributed by atoms with Gasteiger partial charge in [0, 0.05) is 24.0 Å². The van der Waals surface area contributed by atoms with E-state index in [1.54, 1.807) is 13.8 Å². The summed E-state index contributed by atoms with van der Waals surface area (Å²) in [5.74, 6) is -1.49. The molecule has 0 amide bonds. The smallest absolute Gasteiger partial charge is 0.333 e. The van der Waals surface area contributed by atoms with E-state index in [9.17, 15) is 14.4 Å². The van der Waals surface area contributed by atoms with Gasteiger partial charge in [0.05, 0.1) is 11.8 Å². The summed E-state index contributed by atoms with van der Waals surface area (Å²) in [7, 11) is 0. The van der Waals surface area contributed by atoms with Gasteiger partial charge in [-0.05, 0) is 24.0 Å². The first-order valence-corrected chi connectivity index (χ1v) is 8.24. The van der Waals surface area contributed by atoms with E-state index in [0.717, 1.165) is 5.57 Å². The third-order valence-corrected chi connectivity index (χ3v) is 5.28. The van der Waals surface area contributed by atoms with Crippen molar-refractivity contribution in [2.75, 3.05) is 0 Å². The molecule has 0 spiro atoms. The minimum Gasteiger partial charge on any atom is -0.458 e. The number of rotatable bonds is 2. The van der Waals surface area contributed by atoms with Crippen molar-refractivity contribution in [1.82, 2.24) is 0 Å². The Hall–Kier alpha value is -2.17. The number of ether oxygens (including phenoxy) is 2. The molecule has 5 heteroatoms. The second-order valence-corrected chi connectivity index (χ2v) is 7.11. The van der Waals surface area contributed by atoms with Gasteiger partial charge in [0.25, 0.3) is 0 Å². The van der Waals surface area contributed by atoms with Crippen LogP contribution in [-0.4, -0.2) is 29.9 Å². The summed E-state index contributed by atoms with van der Waals surface area (Å²) in [6, 6.07) is 0. The Bertz CT molecular complexity index is 699. The van der Waals surface area contributed by atoms with Crippen molar-refractivity contribution in [2.24, 2.45) is 17.8 Å². The van der Waals surface area contributed by atoms with Crippen LogP contribution >= 0.6 is 0 Å². The molecule has 0 N–H and O–H groups in total. The molecule has 0 aromatic carbocycles. The highest BCUT2D eigenvalue weighted by molar-refractivity contribution is 6.03. The summed E-state index contributed by atoms with van der Waals surface area (Å²) in [5, 5.41) is 0. The maximum Gasteiger partial charge on any atom is 0.333 e. The summed E-state index contributed by atoms with van der Waals surface area (Å²) in [5.41, 5.74) is 2.40. The van der Waals surface area contributed by atoms with Crippen LogP contribution in [0.3, 0.4) is 0 Å². The van der Waals surface area contributed by atoms with E-state index in [1.807, 2.05) is 6.92 Å². The third-order valence-electron chi connectivity index (χ3n) is 5.28. The lowest BCUT2D eigenvalue weighted by molar-refractivity contribution is -0.148. The number of ketones is 1. The van der Waals surface area contributed by atoms with Gasteiger partial charge in [-0.15, -0.1) is 0 Å². The third kappa shape index (κ3) is 2.43. The number of esters is 2. The van der Waals surface area contributed by atoms with Gasteiger partial charge in [0.1, 0.15) is 12.2 Å². The van der Waals surface area contributed by atoms with Crippen molar-refractivity contribution in [2.45, 2.75) is 45.8 Å². The van der Waals surface area contributed by atoms with E-state index in [2.05, 4.69) is 13.2 Å². The predicted molar refractivity (Wildman–Crippen MR) is 86.8 cm³/mol. The van der Waals surface area contributed by atoms with E-state index >= 15 is 0 Å². The van der Waals surface area contributed by atoms with Crippen LogP contribution < -0.4 is 0 Å². The molecule has 1 aliphatic heterocycles. The number of carbonyl (C=O) groups excluding carboxylic acids is 3. The molecule has 128 valence electrons. The second-order valence-electron chi connectivity index (χ2n) is 7.11. The number of fused-ring (bicyclic) bond motifs is 2. The lowest BCUT2D eigenvalue weighted by Gasteiger charge is -2.28. The number of hydrogen-bond acceptors (Lipinski definition) is 5. The van der Waals surface area contributed by atoms with E-state index in [4.69, 9.17) is 9.47 Å². The molecule has 1 unspecified atom stereocenters.